The molecular formula is C12H13N5. The number of aryl methyl sites for hydroxylation is 1. The molecule has 0 radical (unpaired) electrons. The van der Waals surface area contributed by atoms with Gasteiger partial charge in [0.05, 0.1) is 17.5 Å². The predicted octanol–water partition coefficient (Wildman–Crippen LogP) is 1.79. The predicted molar refractivity (Wildman–Crippen MR) is 65.3 cm³/mol. The van der Waals surface area contributed by atoms with Crippen LogP contribution in [-0.2, 0) is 7.05 Å². The number of hydrogen-bond acceptors (Lipinski definition) is 4. The summed E-state index contributed by atoms with van der Waals surface area (Å²) in [6.07, 6.45) is 3.65. The zero-order chi connectivity index (χ0) is 12.3. The van der Waals surface area contributed by atoms with Crippen LogP contribution in [0.3, 0.4) is 0 Å². The number of pyridine rings is 1. The van der Waals surface area contributed by atoms with Crippen molar-refractivity contribution < 1.29 is 0 Å². The summed E-state index contributed by atoms with van der Waals surface area (Å²) in [7, 11) is 1.86. The molecule has 0 saturated heterocycles. The number of rotatable bonds is 3. The van der Waals surface area contributed by atoms with E-state index < -0.39 is 0 Å². The highest BCUT2D eigenvalue weighted by Gasteiger charge is 2.07. The second-order valence-electron chi connectivity index (χ2n) is 3.64. The maximum absolute atomic E-state index is 8.96. The molecule has 2 aromatic heterocycles. The van der Waals surface area contributed by atoms with Gasteiger partial charge in [-0.25, -0.2) is 4.98 Å². The Morgan fingerprint density at radius 2 is 2.29 bits per heavy atom. The summed E-state index contributed by atoms with van der Waals surface area (Å²) in [5.41, 5.74) is 2.31. The molecule has 0 aliphatic rings. The van der Waals surface area contributed by atoms with Gasteiger partial charge in [-0.3, -0.25) is 4.68 Å². The van der Waals surface area contributed by atoms with E-state index in [1.807, 2.05) is 26.2 Å². The summed E-state index contributed by atoms with van der Waals surface area (Å²) in [6, 6.07) is 5.72. The number of anilines is 1. The van der Waals surface area contributed by atoms with Crippen molar-refractivity contribution >= 4 is 5.82 Å². The van der Waals surface area contributed by atoms with E-state index >= 15 is 0 Å². The van der Waals surface area contributed by atoms with Gasteiger partial charge >= 0.3 is 0 Å². The first-order valence-corrected chi connectivity index (χ1v) is 5.38. The molecule has 0 unspecified atom stereocenters. The van der Waals surface area contributed by atoms with Gasteiger partial charge in [0.15, 0.2) is 0 Å². The molecule has 0 saturated carbocycles. The fraction of sp³-hybridized carbons (Fsp3) is 0.250. The topological polar surface area (TPSA) is 66.5 Å². The molecule has 2 heterocycles. The summed E-state index contributed by atoms with van der Waals surface area (Å²) >= 11 is 0. The Bertz CT molecular complexity index is 565. The summed E-state index contributed by atoms with van der Waals surface area (Å²) in [5.74, 6) is 0.622. The van der Waals surface area contributed by atoms with Crippen molar-refractivity contribution in [2.45, 2.75) is 6.92 Å². The van der Waals surface area contributed by atoms with Crippen LogP contribution in [0.2, 0.25) is 0 Å². The number of hydrogen-bond donors (Lipinski definition) is 1. The van der Waals surface area contributed by atoms with Crippen molar-refractivity contribution in [3.05, 3.63) is 30.1 Å². The van der Waals surface area contributed by atoms with Crippen molar-refractivity contribution in [2.75, 3.05) is 11.9 Å². The van der Waals surface area contributed by atoms with Crippen LogP contribution in [0.15, 0.2) is 24.5 Å². The monoisotopic (exact) mass is 227 g/mol. The number of aromatic nitrogens is 3. The fourth-order valence-electron chi connectivity index (χ4n) is 1.57. The number of nitrogens with zero attached hydrogens (tertiary/aromatic N) is 4. The Balaban J connectivity index is 2.44. The molecule has 0 aliphatic heterocycles. The third-order valence-electron chi connectivity index (χ3n) is 2.36. The highest BCUT2D eigenvalue weighted by Crippen LogP contribution is 2.20. The highest BCUT2D eigenvalue weighted by atomic mass is 15.2. The van der Waals surface area contributed by atoms with Crippen LogP contribution in [0.25, 0.3) is 11.3 Å². The zero-order valence-electron chi connectivity index (χ0n) is 9.81. The molecule has 0 spiro atoms. The van der Waals surface area contributed by atoms with E-state index in [4.69, 9.17) is 5.26 Å². The minimum Gasteiger partial charge on any atom is -0.369 e. The minimum absolute atomic E-state index is 0.555. The van der Waals surface area contributed by atoms with Gasteiger partial charge in [-0.05, 0) is 19.1 Å². The lowest BCUT2D eigenvalue weighted by atomic mass is 10.2. The zero-order valence-corrected chi connectivity index (χ0v) is 9.81. The van der Waals surface area contributed by atoms with Crippen molar-refractivity contribution in [3.8, 4) is 17.3 Å². The van der Waals surface area contributed by atoms with Gasteiger partial charge in [0, 0.05) is 25.4 Å². The van der Waals surface area contributed by atoms with Crippen LogP contribution in [-0.4, -0.2) is 21.3 Å². The second kappa shape index (κ2) is 4.66. The first kappa shape index (κ1) is 11.1. The van der Waals surface area contributed by atoms with E-state index in [2.05, 4.69) is 21.5 Å². The third-order valence-corrected chi connectivity index (χ3v) is 2.36. The van der Waals surface area contributed by atoms with Crippen molar-refractivity contribution in [2.24, 2.45) is 7.05 Å². The SMILES string of the molecule is CCNc1nc(-c2cnn(C)c2)ccc1C#N. The lowest BCUT2D eigenvalue weighted by Gasteiger charge is -2.06. The summed E-state index contributed by atoms with van der Waals surface area (Å²) in [6.45, 7) is 2.71. The Morgan fingerprint density at radius 1 is 1.47 bits per heavy atom. The highest BCUT2D eigenvalue weighted by molar-refractivity contribution is 5.63. The van der Waals surface area contributed by atoms with Crippen LogP contribution in [0.4, 0.5) is 5.82 Å². The average molecular weight is 227 g/mol. The summed E-state index contributed by atoms with van der Waals surface area (Å²) < 4.78 is 1.72. The quantitative estimate of drug-likeness (QED) is 0.868. The first-order valence-electron chi connectivity index (χ1n) is 5.38. The van der Waals surface area contributed by atoms with Crippen LogP contribution in [0.1, 0.15) is 12.5 Å². The molecule has 2 aromatic rings. The Labute approximate surface area is 99.7 Å². The van der Waals surface area contributed by atoms with Crippen LogP contribution in [0.5, 0.6) is 0 Å². The molecule has 86 valence electrons. The van der Waals surface area contributed by atoms with E-state index in [0.29, 0.717) is 11.4 Å². The van der Waals surface area contributed by atoms with E-state index in [-0.39, 0.29) is 0 Å². The normalized spacial score (nSPS) is 9.94. The first-order chi connectivity index (χ1) is 8.24. The lowest BCUT2D eigenvalue weighted by Crippen LogP contribution is -2.02. The van der Waals surface area contributed by atoms with Crippen LogP contribution < -0.4 is 5.32 Å². The summed E-state index contributed by atoms with van der Waals surface area (Å²) in [5, 5.41) is 16.1. The van der Waals surface area contributed by atoms with Gasteiger partial charge in [0.1, 0.15) is 11.9 Å². The van der Waals surface area contributed by atoms with Gasteiger partial charge < -0.3 is 5.32 Å². The molecule has 2 rings (SSSR count). The molecule has 0 amide bonds. The van der Waals surface area contributed by atoms with Gasteiger partial charge in [0.2, 0.25) is 0 Å². The number of nitrogens with one attached hydrogen (secondary N) is 1. The molecule has 5 heteroatoms. The Morgan fingerprint density at radius 3 is 2.88 bits per heavy atom. The van der Waals surface area contributed by atoms with Crippen LogP contribution in [0, 0.1) is 11.3 Å². The largest absolute Gasteiger partial charge is 0.369 e. The van der Waals surface area contributed by atoms with Gasteiger partial charge in [-0.15, -0.1) is 0 Å². The van der Waals surface area contributed by atoms with Gasteiger partial charge in [0.25, 0.3) is 0 Å². The summed E-state index contributed by atoms with van der Waals surface area (Å²) in [4.78, 5) is 4.43. The van der Waals surface area contributed by atoms with E-state index in [1.54, 1.807) is 16.9 Å². The van der Waals surface area contributed by atoms with Crippen molar-refractivity contribution in [3.63, 3.8) is 0 Å². The van der Waals surface area contributed by atoms with Crippen molar-refractivity contribution in [1.82, 2.24) is 14.8 Å². The third kappa shape index (κ3) is 2.26. The molecule has 0 bridgehead atoms. The van der Waals surface area contributed by atoms with Crippen LogP contribution >= 0.6 is 0 Å². The van der Waals surface area contributed by atoms with E-state index in [1.165, 1.54) is 0 Å². The van der Waals surface area contributed by atoms with E-state index in [0.717, 1.165) is 17.8 Å². The maximum Gasteiger partial charge on any atom is 0.144 e. The van der Waals surface area contributed by atoms with Gasteiger partial charge in [-0.1, -0.05) is 0 Å². The molecule has 17 heavy (non-hydrogen) atoms. The fourth-order valence-corrected chi connectivity index (χ4v) is 1.57. The maximum atomic E-state index is 8.96. The van der Waals surface area contributed by atoms with E-state index in [9.17, 15) is 0 Å². The molecule has 0 atom stereocenters. The molecule has 0 fully saturated rings. The smallest absolute Gasteiger partial charge is 0.144 e. The van der Waals surface area contributed by atoms with Gasteiger partial charge in [-0.2, -0.15) is 10.4 Å². The Kier molecular flexibility index (Phi) is 3.06. The molecule has 1 N–H and O–H groups in total. The standard InChI is InChI=1S/C12H13N5/c1-3-14-12-9(6-13)4-5-11(16-12)10-7-15-17(2)8-10/h4-5,7-8H,3H2,1-2H3,(H,14,16). The second-order valence-corrected chi connectivity index (χ2v) is 3.64. The number of nitriles is 1. The van der Waals surface area contributed by atoms with Crippen molar-refractivity contribution in [1.29, 1.82) is 5.26 Å². The lowest BCUT2D eigenvalue weighted by molar-refractivity contribution is 0.768. The molecule has 0 aromatic carbocycles. The Hall–Kier alpha value is -2.35. The minimum atomic E-state index is 0.555. The molecular weight excluding hydrogens is 214 g/mol. The molecule has 5 nitrogen and oxygen atoms in total. The average Bonchev–Trinajstić information content (AvgIpc) is 2.76. The molecule has 0 aliphatic carbocycles.